The van der Waals surface area contributed by atoms with E-state index in [2.05, 4.69) is 10.1 Å². The Morgan fingerprint density at radius 2 is 2.24 bits per heavy atom. The summed E-state index contributed by atoms with van der Waals surface area (Å²) in [6.45, 7) is 3.15. The monoisotopic (exact) mass is 259 g/mol. The van der Waals surface area contributed by atoms with Crippen LogP contribution in [0.25, 0.3) is 0 Å². The van der Waals surface area contributed by atoms with Crippen LogP contribution >= 0.6 is 11.8 Å². The molecule has 96 valence electrons. The molecule has 1 aliphatic rings. The molecule has 0 bridgehead atoms. The lowest BCUT2D eigenvalue weighted by Gasteiger charge is -2.26. The number of thioether (sulfide) groups is 1. The Morgan fingerprint density at radius 1 is 1.59 bits per heavy atom. The molecule has 0 aromatic carbocycles. The molecule has 1 rings (SSSR count). The number of Topliss-reactive ketones (excluding diaryl/α,β-unsaturated/α-hetero) is 1. The molecule has 0 aromatic rings. The zero-order valence-corrected chi connectivity index (χ0v) is 11.1. The Morgan fingerprint density at radius 3 is 2.65 bits per heavy atom. The van der Waals surface area contributed by atoms with Gasteiger partial charge in [0.05, 0.1) is 11.9 Å². The molecule has 1 heterocycles. The fourth-order valence-electron chi connectivity index (χ4n) is 1.86. The third-order valence-corrected chi connectivity index (χ3v) is 4.24. The van der Waals surface area contributed by atoms with Crippen LogP contribution in [0.2, 0.25) is 0 Å². The third-order valence-electron chi connectivity index (χ3n) is 2.80. The Kier molecular flexibility index (Phi) is 4.56. The van der Waals surface area contributed by atoms with Crippen LogP contribution in [0.5, 0.6) is 0 Å². The highest BCUT2D eigenvalue weighted by Gasteiger charge is 2.42. The van der Waals surface area contributed by atoms with Crippen LogP contribution in [0.1, 0.15) is 26.7 Å². The number of ether oxygens (including phenoxy) is 1. The second-order valence-corrected chi connectivity index (χ2v) is 5.83. The topological polar surface area (TPSA) is 72.5 Å². The minimum atomic E-state index is -0.753. The fraction of sp³-hybridized carbons (Fsp3) is 0.727. The second-order valence-electron chi connectivity index (χ2n) is 4.23. The summed E-state index contributed by atoms with van der Waals surface area (Å²) in [5, 5.41) is 2.52. The van der Waals surface area contributed by atoms with Crippen LogP contribution in [0.4, 0.5) is 0 Å². The molecule has 0 unspecified atom stereocenters. The average molecular weight is 259 g/mol. The van der Waals surface area contributed by atoms with Crippen molar-refractivity contribution in [2.24, 2.45) is 0 Å². The first-order valence-corrected chi connectivity index (χ1v) is 6.40. The molecule has 17 heavy (non-hydrogen) atoms. The van der Waals surface area contributed by atoms with Crippen molar-refractivity contribution in [2.75, 3.05) is 12.9 Å². The third kappa shape index (κ3) is 3.46. The lowest BCUT2D eigenvalue weighted by molar-refractivity contribution is -0.145. The van der Waals surface area contributed by atoms with Gasteiger partial charge in [0.1, 0.15) is 11.8 Å². The molecule has 0 aliphatic carbocycles. The fourth-order valence-corrected chi connectivity index (χ4v) is 3.14. The summed E-state index contributed by atoms with van der Waals surface area (Å²) < 4.78 is 4.03. The van der Waals surface area contributed by atoms with Crippen molar-refractivity contribution in [1.29, 1.82) is 0 Å². The van der Waals surface area contributed by atoms with Gasteiger partial charge in [-0.3, -0.25) is 9.59 Å². The van der Waals surface area contributed by atoms with Crippen LogP contribution in [-0.2, 0) is 19.1 Å². The second kappa shape index (κ2) is 5.53. The molecule has 1 aliphatic heterocycles. The van der Waals surface area contributed by atoms with Crippen molar-refractivity contribution >= 4 is 29.4 Å². The number of nitrogens with one attached hydrogen (secondary N) is 1. The van der Waals surface area contributed by atoms with E-state index in [1.165, 1.54) is 25.8 Å². The highest BCUT2D eigenvalue weighted by molar-refractivity contribution is 8.01. The highest BCUT2D eigenvalue weighted by atomic mass is 32.2. The van der Waals surface area contributed by atoms with Gasteiger partial charge in [0.15, 0.2) is 0 Å². The van der Waals surface area contributed by atoms with Crippen LogP contribution in [0.15, 0.2) is 0 Å². The number of hydrogen-bond donors (Lipinski definition) is 1. The first-order valence-electron chi connectivity index (χ1n) is 5.41. The van der Waals surface area contributed by atoms with Crippen molar-refractivity contribution in [3.63, 3.8) is 0 Å². The first kappa shape index (κ1) is 14.0. The number of esters is 1. The summed E-state index contributed by atoms with van der Waals surface area (Å²) >= 11 is 1.53. The molecule has 0 spiro atoms. The molecule has 1 N–H and O–H groups in total. The Bertz CT molecular complexity index is 344. The van der Waals surface area contributed by atoms with Crippen LogP contribution in [-0.4, -0.2) is 41.3 Å². The van der Waals surface area contributed by atoms with Crippen molar-refractivity contribution in [2.45, 2.75) is 37.5 Å². The van der Waals surface area contributed by atoms with E-state index in [1.807, 2.05) is 6.92 Å². The standard InChI is InChI=1S/C11H17NO4S/c1-7(13)12-8(10(15)16-3)6-11(2)9(14)4-5-17-11/h8H,4-6H2,1-3H3,(H,12,13)/t8-,11+/m1/s1. The lowest BCUT2D eigenvalue weighted by atomic mass is 9.95. The minimum Gasteiger partial charge on any atom is -0.467 e. The molecule has 5 nitrogen and oxygen atoms in total. The number of rotatable bonds is 4. The average Bonchev–Trinajstić information content (AvgIpc) is 2.56. The van der Waals surface area contributed by atoms with E-state index in [4.69, 9.17) is 0 Å². The predicted molar refractivity (Wildman–Crippen MR) is 64.7 cm³/mol. The number of hydrogen-bond acceptors (Lipinski definition) is 5. The van der Waals surface area contributed by atoms with Crippen LogP contribution in [0, 0.1) is 0 Å². The number of carbonyl (C=O) groups excluding carboxylic acids is 3. The molecule has 1 saturated heterocycles. The summed E-state index contributed by atoms with van der Waals surface area (Å²) in [5.41, 5.74) is 0. The number of methoxy groups -OCH3 is 1. The summed E-state index contributed by atoms with van der Waals surface area (Å²) in [6.07, 6.45) is 0.803. The van der Waals surface area contributed by atoms with E-state index >= 15 is 0 Å². The maximum absolute atomic E-state index is 11.7. The van der Waals surface area contributed by atoms with Gasteiger partial charge in [-0.05, 0) is 13.3 Å². The highest BCUT2D eigenvalue weighted by Crippen LogP contribution is 2.38. The van der Waals surface area contributed by atoms with E-state index in [9.17, 15) is 14.4 Å². The normalized spacial score (nSPS) is 25.5. The molecule has 0 saturated carbocycles. The van der Waals surface area contributed by atoms with Crippen molar-refractivity contribution in [1.82, 2.24) is 5.32 Å². The summed E-state index contributed by atoms with van der Waals surface area (Å²) in [5.74, 6) is 0.0754. The first-order chi connectivity index (χ1) is 7.89. The molecule has 1 amide bonds. The van der Waals surface area contributed by atoms with E-state index in [1.54, 1.807) is 0 Å². The van der Waals surface area contributed by atoms with E-state index in [0.29, 0.717) is 6.42 Å². The lowest BCUT2D eigenvalue weighted by Crippen LogP contribution is -2.46. The minimum absolute atomic E-state index is 0.127. The van der Waals surface area contributed by atoms with E-state index < -0.39 is 16.8 Å². The number of ketones is 1. The van der Waals surface area contributed by atoms with Gasteiger partial charge in [-0.1, -0.05) is 0 Å². The molecular formula is C11H17NO4S. The van der Waals surface area contributed by atoms with Crippen LogP contribution in [0.3, 0.4) is 0 Å². The zero-order valence-electron chi connectivity index (χ0n) is 10.2. The van der Waals surface area contributed by atoms with Gasteiger partial charge in [-0.15, -0.1) is 11.8 Å². The summed E-state index contributed by atoms with van der Waals surface area (Å²) in [7, 11) is 1.27. The van der Waals surface area contributed by atoms with Gasteiger partial charge in [-0.25, -0.2) is 4.79 Å². The molecular weight excluding hydrogens is 242 g/mol. The van der Waals surface area contributed by atoms with Crippen molar-refractivity contribution in [3.8, 4) is 0 Å². The molecule has 0 radical (unpaired) electrons. The summed E-state index contributed by atoms with van der Waals surface area (Å²) in [6, 6.07) is -0.753. The Labute approximate surface area is 105 Å². The number of carbonyl (C=O) groups is 3. The largest absolute Gasteiger partial charge is 0.467 e. The van der Waals surface area contributed by atoms with Gasteiger partial charge in [0, 0.05) is 19.1 Å². The van der Waals surface area contributed by atoms with Crippen molar-refractivity contribution in [3.05, 3.63) is 0 Å². The Hall–Kier alpha value is -1.04. The zero-order chi connectivity index (χ0) is 13.1. The molecule has 2 atom stereocenters. The predicted octanol–water partition coefficient (Wildman–Crippen LogP) is 0.519. The van der Waals surface area contributed by atoms with Gasteiger partial charge < -0.3 is 10.1 Å². The van der Waals surface area contributed by atoms with E-state index in [-0.39, 0.29) is 18.1 Å². The van der Waals surface area contributed by atoms with Crippen LogP contribution < -0.4 is 5.32 Å². The molecule has 0 aromatic heterocycles. The summed E-state index contributed by atoms with van der Waals surface area (Å²) in [4.78, 5) is 34.3. The number of amides is 1. The SMILES string of the molecule is COC(=O)[C@@H](C[C@]1(C)SCCC1=O)NC(C)=O. The van der Waals surface area contributed by atoms with E-state index in [0.717, 1.165) is 5.75 Å². The molecule has 1 fully saturated rings. The van der Waals surface area contributed by atoms with Gasteiger partial charge in [0.2, 0.25) is 5.91 Å². The quantitative estimate of drug-likeness (QED) is 0.745. The molecule has 6 heteroatoms. The van der Waals surface area contributed by atoms with Gasteiger partial charge >= 0.3 is 5.97 Å². The van der Waals surface area contributed by atoms with Gasteiger partial charge in [-0.2, -0.15) is 0 Å². The maximum atomic E-state index is 11.7. The smallest absolute Gasteiger partial charge is 0.328 e. The maximum Gasteiger partial charge on any atom is 0.328 e. The Balaban J connectivity index is 2.75. The van der Waals surface area contributed by atoms with Gasteiger partial charge in [0.25, 0.3) is 0 Å². The van der Waals surface area contributed by atoms with Crippen molar-refractivity contribution < 1.29 is 19.1 Å².